The molecule has 1 aromatic carbocycles. The second-order valence-electron chi connectivity index (χ2n) is 4.42. The van der Waals surface area contributed by atoms with Gasteiger partial charge < -0.3 is 4.42 Å². The van der Waals surface area contributed by atoms with E-state index in [0.29, 0.717) is 17.7 Å². The summed E-state index contributed by atoms with van der Waals surface area (Å²) in [6.45, 7) is 6.23. The third kappa shape index (κ3) is 2.48. The van der Waals surface area contributed by atoms with E-state index in [0.717, 1.165) is 12.0 Å². The summed E-state index contributed by atoms with van der Waals surface area (Å²) in [6.07, 6.45) is 1.10. The molecular formula is C13H16N2O. The van der Waals surface area contributed by atoms with Gasteiger partial charge in [-0.25, -0.2) is 0 Å². The standard InChI is InChI=1S/C13H16N2O/c1-9(2)8-11-4-6-12(7-5-11)13-15-14-10(3)16-13/h4-7,9H,8H2,1-3H3. The highest BCUT2D eigenvalue weighted by Crippen LogP contribution is 2.19. The van der Waals surface area contributed by atoms with E-state index in [4.69, 9.17) is 4.42 Å². The predicted molar refractivity (Wildman–Crippen MR) is 63.0 cm³/mol. The van der Waals surface area contributed by atoms with E-state index in [1.54, 1.807) is 6.92 Å². The van der Waals surface area contributed by atoms with Crippen molar-refractivity contribution >= 4 is 0 Å². The number of aromatic nitrogens is 2. The van der Waals surface area contributed by atoms with Crippen molar-refractivity contribution in [2.45, 2.75) is 27.2 Å². The predicted octanol–water partition coefficient (Wildman–Crippen LogP) is 3.24. The van der Waals surface area contributed by atoms with E-state index >= 15 is 0 Å². The number of aryl methyl sites for hydroxylation is 1. The number of benzene rings is 1. The molecule has 1 heterocycles. The molecule has 3 nitrogen and oxygen atoms in total. The Kier molecular flexibility index (Phi) is 3.04. The van der Waals surface area contributed by atoms with Crippen molar-refractivity contribution < 1.29 is 4.42 Å². The Bertz CT molecular complexity index is 457. The Hall–Kier alpha value is -1.64. The molecule has 0 bridgehead atoms. The minimum absolute atomic E-state index is 0.591. The highest BCUT2D eigenvalue weighted by atomic mass is 16.4. The molecule has 0 radical (unpaired) electrons. The van der Waals surface area contributed by atoms with Crippen LogP contribution in [0.2, 0.25) is 0 Å². The normalized spacial score (nSPS) is 11.0. The van der Waals surface area contributed by atoms with Crippen LogP contribution in [0.1, 0.15) is 25.3 Å². The van der Waals surface area contributed by atoms with Gasteiger partial charge in [0, 0.05) is 12.5 Å². The Morgan fingerprint density at radius 1 is 1.12 bits per heavy atom. The maximum atomic E-state index is 5.37. The van der Waals surface area contributed by atoms with Crippen LogP contribution < -0.4 is 0 Å². The van der Waals surface area contributed by atoms with Crippen LogP contribution >= 0.6 is 0 Å². The first kappa shape index (κ1) is 10.9. The van der Waals surface area contributed by atoms with Crippen molar-refractivity contribution in [2.24, 2.45) is 5.92 Å². The van der Waals surface area contributed by atoms with E-state index in [9.17, 15) is 0 Å². The molecule has 0 amide bonds. The first-order chi connectivity index (χ1) is 7.65. The van der Waals surface area contributed by atoms with Crippen LogP contribution in [-0.4, -0.2) is 10.2 Å². The van der Waals surface area contributed by atoms with E-state index in [1.165, 1.54) is 5.56 Å². The molecule has 0 aliphatic heterocycles. The zero-order chi connectivity index (χ0) is 11.5. The second kappa shape index (κ2) is 4.47. The van der Waals surface area contributed by atoms with Gasteiger partial charge in [0.15, 0.2) is 0 Å². The summed E-state index contributed by atoms with van der Waals surface area (Å²) < 4.78 is 5.37. The molecule has 0 aliphatic carbocycles. The van der Waals surface area contributed by atoms with E-state index in [2.05, 4.69) is 36.2 Å². The highest BCUT2D eigenvalue weighted by Gasteiger charge is 2.05. The monoisotopic (exact) mass is 216 g/mol. The van der Waals surface area contributed by atoms with Gasteiger partial charge in [-0.2, -0.15) is 0 Å². The lowest BCUT2D eigenvalue weighted by Gasteiger charge is -2.04. The van der Waals surface area contributed by atoms with Crippen molar-refractivity contribution in [1.29, 1.82) is 0 Å². The molecule has 1 aromatic heterocycles. The highest BCUT2D eigenvalue weighted by molar-refractivity contribution is 5.52. The summed E-state index contributed by atoms with van der Waals surface area (Å²) >= 11 is 0. The molecule has 0 fully saturated rings. The Morgan fingerprint density at radius 2 is 1.81 bits per heavy atom. The molecule has 0 N–H and O–H groups in total. The third-order valence-electron chi connectivity index (χ3n) is 2.37. The number of rotatable bonds is 3. The molecular weight excluding hydrogens is 200 g/mol. The van der Waals surface area contributed by atoms with Crippen molar-refractivity contribution in [2.75, 3.05) is 0 Å². The zero-order valence-corrected chi connectivity index (χ0v) is 9.90. The van der Waals surface area contributed by atoms with E-state index in [1.807, 2.05) is 12.1 Å². The van der Waals surface area contributed by atoms with Gasteiger partial charge in [0.25, 0.3) is 0 Å². The zero-order valence-electron chi connectivity index (χ0n) is 9.90. The summed E-state index contributed by atoms with van der Waals surface area (Å²) in [6, 6.07) is 8.30. The molecule has 16 heavy (non-hydrogen) atoms. The molecule has 0 unspecified atom stereocenters. The summed E-state index contributed by atoms with van der Waals surface area (Å²) in [5.74, 6) is 1.87. The fraction of sp³-hybridized carbons (Fsp3) is 0.385. The second-order valence-corrected chi connectivity index (χ2v) is 4.42. The summed E-state index contributed by atoms with van der Waals surface area (Å²) in [5.41, 5.74) is 2.32. The van der Waals surface area contributed by atoms with Gasteiger partial charge >= 0.3 is 0 Å². The van der Waals surface area contributed by atoms with Crippen molar-refractivity contribution in [1.82, 2.24) is 10.2 Å². The quantitative estimate of drug-likeness (QED) is 0.790. The molecule has 2 aromatic rings. The average Bonchev–Trinajstić information content (AvgIpc) is 2.65. The van der Waals surface area contributed by atoms with Gasteiger partial charge in [0.05, 0.1) is 0 Å². The van der Waals surface area contributed by atoms with Gasteiger partial charge in [0.2, 0.25) is 11.8 Å². The first-order valence-corrected chi connectivity index (χ1v) is 5.54. The van der Waals surface area contributed by atoms with E-state index < -0.39 is 0 Å². The minimum Gasteiger partial charge on any atom is -0.421 e. The lowest BCUT2D eigenvalue weighted by atomic mass is 10.0. The van der Waals surface area contributed by atoms with Crippen LogP contribution in [0.4, 0.5) is 0 Å². The number of nitrogens with zero attached hydrogens (tertiary/aromatic N) is 2. The number of hydrogen-bond donors (Lipinski definition) is 0. The topological polar surface area (TPSA) is 38.9 Å². The van der Waals surface area contributed by atoms with Gasteiger partial charge in [0.1, 0.15) is 0 Å². The maximum absolute atomic E-state index is 5.37. The lowest BCUT2D eigenvalue weighted by molar-refractivity contribution is 0.532. The van der Waals surface area contributed by atoms with Crippen molar-refractivity contribution in [3.63, 3.8) is 0 Å². The molecule has 0 atom stereocenters. The fourth-order valence-electron chi connectivity index (χ4n) is 1.67. The van der Waals surface area contributed by atoms with Crippen molar-refractivity contribution in [3.05, 3.63) is 35.7 Å². The van der Waals surface area contributed by atoms with Gasteiger partial charge in [-0.3, -0.25) is 0 Å². The molecule has 0 aliphatic rings. The van der Waals surface area contributed by atoms with Crippen LogP contribution in [0.3, 0.4) is 0 Å². The summed E-state index contributed by atoms with van der Waals surface area (Å²) in [5, 5.41) is 7.81. The van der Waals surface area contributed by atoms with Crippen LogP contribution in [-0.2, 0) is 6.42 Å². The molecule has 84 valence electrons. The Balaban J connectivity index is 2.19. The SMILES string of the molecule is Cc1nnc(-c2ccc(CC(C)C)cc2)o1. The Labute approximate surface area is 95.5 Å². The van der Waals surface area contributed by atoms with E-state index in [-0.39, 0.29) is 0 Å². The lowest BCUT2D eigenvalue weighted by Crippen LogP contribution is -1.93. The summed E-state index contributed by atoms with van der Waals surface area (Å²) in [4.78, 5) is 0. The van der Waals surface area contributed by atoms with Crippen LogP contribution in [0.5, 0.6) is 0 Å². The maximum Gasteiger partial charge on any atom is 0.247 e. The first-order valence-electron chi connectivity index (χ1n) is 5.54. The molecule has 0 saturated heterocycles. The fourth-order valence-corrected chi connectivity index (χ4v) is 1.67. The average molecular weight is 216 g/mol. The molecule has 0 spiro atoms. The molecule has 2 rings (SSSR count). The summed E-state index contributed by atoms with van der Waals surface area (Å²) in [7, 11) is 0. The van der Waals surface area contributed by atoms with Crippen LogP contribution in [0.15, 0.2) is 28.7 Å². The van der Waals surface area contributed by atoms with Crippen LogP contribution in [0, 0.1) is 12.8 Å². The number of hydrogen-bond acceptors (Lipinski definition) is 3. The smallest absolute Gasteiger partial charge is 0.247 e. The molecule has 3 heteroatoms. The van der Waals surface area contributed by atoms with Crippen LogP contribution in [0.25, 0.3) is 11.5 Å². The largest absolute Gasteiger partial charge is 0.421 e. The Morgan fingerprint density at radius 3 is 2.31 bits per heavy atom. The van der Waals surface area contributed by atoms with Gasteiger partial charge in [-0.15, -0.1) is 10.2 Å². The van der Waals surface area contributed by atoms with Gasteiger partial charge in [-0.05, 0) is 30.0 Å². The third-order valence-corrected chi connectivity index (χ3v) is 2.37. The van der Waals surface area contributed by atoms with Crippen molar-refractivity contribution in [3.8, 4) is 11.5 Å². The minimum atomic E-state index is 0.591. The molecule has 0 saturated carbocycles. The van der Waals surface area contributed by atoms with Gasteiger partial charge in [-0.1, -0.05) is 26.0 Å².